The van der Waals surface area contributed by atoms with Crippen molar-refractivity contribution in [1.29, 1.82) is 0 Å². The Morgan fingerprint density at radius 3 is 2.63 bits per heavy atom. The van der Waals surface area contributed by atoms with Gasteiger partial charge in [-0.15, -0.1) is 0 Å². The fourth-order valence-electron chi connectivity index (χ4n) is 1.58. The second kappa shape index (κ2) is 7.01. The van der Waals surface area contributed by atoms with E-state index < -0.39 is 0 Å². The standard InChI is InChI=1S/C14H14BrN3O/c15-12-3-1-2-4-13(12)18-14(19)10-17-9-11-5-7-16-8-6-11/h1-8,17H,9-10H2,(H,18,19). The Morgan fingerprint density at radius 2 is 1.89 bits per heavy atom. The molecule has 0 aliphatic rings. The average molecular weight is 320 g/mol. The summed E-state index contributed by atoms with van der Waals surface area (Å²) in [6, 6.07) is 11.4. The van der Waals surface area contributed by atoms with Crippen LogP contribution in [0.1, 0.15) is 5.56 Å². The van der Waals surface area contributed by atoms with Crippen molar-refractivity contribution in [2.75, 3.05) is 11.9 Å². The van der Waals surface area contributed by atoms with Gasteiger partial charge < -0.3 is 10.6 Å². The lowest BCUT2D eigenvalue weighted by Gasteiger charge is -2.08. The van der Waals surface area contributed by atoms with Gasteiger partial charge in [0.1, 0.15) is 0 Å². The highest BCUT2D eigenvalue weighted by atomic mass is 79.9. The number of halogens is 1. The van der Waals surface area contributed by atoms with E-state index in [1.165, 1.54) is 0 Å². The van der Waals surface area contributed by atoms with Crippen LogP contribution in [0.25, 0.3) is 0 Å². The minimum Gasteiger partial charge on any atom is -0.324 e. The van der Waals surface area contributed by atoms with Gasteiger partial charge in [0, 0.05) is 23.4 Å². The molecule has 0 atom stereocenters. The molecular weight excluding hydrogens is 306 g/mol. The Balaban J connectivity index is 1.78. The first-order valence-electron chi connectivity index (χ1n) is 5.90. The van der Waals surface area contributed by atoms with Crippen molar-refractivity contribution < 1.29 is 4.79 Å². The molecule has 2 N–H and O–H groups in total. The number of rotatable bonds is 5. The normalized spacial score (nSPS) is 10.2. The van der Waals surface area contributed by atoms with E-state index in [4.69, 9.17) is 0 Å². The van der Waals surface area contributed by atoms with Gasteiger partial charge in [-0.05, 0) is 45.8 Å². The number of anilines is 1. The van der Waals surface area contributed by atoms with Gasteiger partial charge in [-0.3, -0.25) is 9.78 Å². The number of carbonyl (C=O) groups excluding carboxylic acids is 1. The zero-order chi connectivity index (χ0) is 13.5. The molecule has 0 spiro atoms. The minimum atomic E-state index is -0.0686. The monoisotopic (exact) mass is 319 g/mol. The molecule has 1 heterocycles. The molecule has 0 saturated heterocycles. The largest absolute Gasteiger partial charge is 0.324 e. The first kappa shape index (κ1) is 13.7. The molecule has 5 heteroatoms. The lowest BCUT2D eigenvalue weighted by atomic mass is 10.3. The summed E-state index contributed by atoms with van der Waals surface area (Å²) in [5.41, 5.74) is 1.88. The number of hydrogen-bond acceptors (Lipinski definition) is 3. The molecule has 0 saturated carbocycles. The maximum atomic E-state index is 11.7. The third-order valence-corrected chi connectivity index (χ3v) is 3.20. The highest BCUT2D eigenvalue weighted by Gasteiger charge is 2.04. The van der Waals surface area contributed by atoms with Crippen molar-refractivity contribution in [1.82, 2.24) is 10.3 Å². The molecule has 4 nitrogen and oxygen atoms in total. The maximum Gasteiger partial charge on any atom is 0.238 e. The van der Waals surface area contributed by atoms with E-state index in [9.17, 15) is 4.79 Å². The summed E-state index contributed by atoms with van der Waals surface area (Å²) in [6.07, 6.45) is 3.47. The van der Waals surface area contributed by atoms with E-state index in [2.05, 4.69) is 31.5 Å². The van der Waals surface area contributed by atoms with Crippen LogP contribution in [0.15, 0.2) is 53.3 Å². The highest BCUT2D eigenvalue weighted by Crippen LogP contribution is 2.20. The van der Waals surface area contributed by atoms with Crippen molar-refractivity contribution in [2.45, 2.75) is 6.54 Å². The van der Waals surface area contributed by atoms with Crippen molar-refractivity contribution in [3.8, 4) is 0 Å². The molecule has 0 radical (unpaired) electrons. The highest BCUT2D eigenvalue weighted by molar-refractivity contribution is 9.10. The number of aromatic nitrogens is 1. The predicted molar refractivity (Wildman–Crippen MR) is 78.7 cm³/mol. The number of pyridine rings is 1. The molecule has 19 heavy (non-hydrogen) atoms. The number of nitrogens with one attached hydrogen (secondary N) is 2. The van der Waals surface area contributed by atoms with E-state index in [0.717, 1.165) is 15.7 Å². The Kier molecular flexibility index (Phi) is 5.06. The Bertz CT molecular complexity index is 545. The second-order valence-electron chi connectivity index (χ2n) is 3.99. The lowest BCUT2D eigenvalue weighted by Crippen LogP contribution is -2.27. The van der Waals surface area contributed by atoms with E-state index in [1.54, 1.807) is 12.4 Å². The number of benzene rings is 1. The van der Waals surface area contributed by atoms with Gasteiger partial charge in [-0.2, -0.15) is 0 Å². The minimum absolute atomic E-state index is 0.0686. The van der Waals surface area contributed by atoms with Crippen LogP contribution < -0.4 is 10.6 Å². The molecule has 98 valence electrons. The Morgan fingerprint density at radius 1 is 1.16 bits per heavy atom. The quantitative estimate of drug-likeness (QED) is 0.890. The number of amides is 1. The van der Waals surface area contributed by atoms with Gasteiger partial charge in [-0.1, -0.05) is 12.1 Å². The van der Waals surface area contributed by atoms with Crippen molar-refractivity contribution in [3.63, 3.8) is 0 Å². The van der Waals surface area contributed by atoms with Gasteiger partial charge in [0.15, 0.2) is 0 Å². The third-order valence-electron chi connectivity index (χ3n) is 2.51. The zero-order valence-corrected chi connectivity index (χ0v) is 11.9. The SMILES string of the molecule is O=C(CNCc1ccncc1)Nc1ccccc1Br. The van der Waals surface area contributed by atoms with Crippen molar-refractivity contribution in [3.05, 3.63) is 58.8 Å². The average Bonchev–Trinajstić information content (AvgIpc) is 2.43. The van der Waals surface area contributed by atoms with Crippen LogP contribution >= 0.6 is 15.9 Å². The molecule has 0 bridgehead atoms. The number of carbonyl (C=O) groups is 1. The molecule has 1 amide bonds. The lowest BCUT2D eigenvalue weighted by molar-refractivity contribution is -0.115. The summed E-state index contributed by atoms with van der Waals surface area (Å²) in [5, 5.41) is 5.92. The number of para-hydroxylation sites is 1. The molecule has 2 aromatic rings. The molecule has 1 aromatic heterocycles. The molecule has 0 aliphatic heterocycles. The van der Waals surface area contributed by atoms with E-state index in [0.29, 0.717) is 6.54 Å². The van der Waals surface area contributed by atoms with Gasteiger partial charge in [0.05, 0.1) is 12.2 Å². The third kappa shape index (κ3) is 4.46. The van der Waals surface area contributed by atoms with Crippen LogP contribution in [0.4, 0.5) is 5.69 Å². The van der Waals surface area contributed by atoms with E-state index in [-0.39, 0.29) is 12.5 Å². The van der Waals surface area contributed by atoms with Crippen molar-refractivity contribution >= 4 is 27.5 Å². The second-order valence-corrected chi connectivity index (χ2v) is 4.84. The Hall–Kier alpha value is -1.72. The summed E-state index contributed by atoms with van der Waals surface area (Å²) in [4.78, 5) is 15.7. The molecule has 0 aliphatic carbocycles. The summed E-state index contributed by atoms with van der Waals surface area (Å²) >= 11 is 3.39. The van der Waals surface area contributed by atoms with Crippen LogP contribution in [0, 0.1) is 0 Å². The van der Waals surface area contributed by atoms with E-state index in [1.807, 2.05) is 36.4 Å². The van der Waals surface area contributed by atoms with Crippen LogP contribution in [0.2, 0.25) is 0 Å². The smallest absolute Gasteiger partial charge is 0.238 e. The van der Waals surface area contributed by atoms with Crippen molar-refractivity contribution in [2.24, 2.45) is 0 Å². The molecule has 2 rings (SSSR count). The number of hydrogen-bond donors (Lipinski definition) is 2. The summed E-state index contributed by atoms with van der Waals surface area (Å²) in [5.74, 6) is -0.0686. The van der Waals surface area contributed by atoms with E-state index >= 15 is 0 Å². The van der Waals surface area contributed by atoms with Crippen LogP contribution in [0.5, 0.6) is 0 Å². The van der Waals surface area contributed by atoms with Crippen LogP contribution in [-0.4, -0.2) is 17.4 Å². The molecular formula is C14H14BrN3O. The fourth-order valence-corrected chi connectivity index (χ4v) is 1.96. The fraction of sp³-hybridized carbons (Fsp3) is 0.143. The van der Waals surface area contributed by atoms with Gasteiger partial charge >= 0.3 is 0 Å². The first-order valence-corrected chi connectivity index (χ1v) is 6.69. The number of nitrogens with zero attached hydrogens (tertiary/aromatic N) is 1. The predicted octanol–water partition coefficient (Wildman–Crippen LogP) is 2.57. The molecule has 0 unspecified atom stereocenters. The zero-order valence-electron chi connectivity index (χ0n) is 10.3. The molecule has 0 fully saturated rings. The summed E-state index contributed by atoms with van der Waals surface area (Å²) in [6.45, 7) is 0.912. The summed E-state index contributed by atoms with van der Waals surface area (Å²) in [7, 11) is 0. The van der Waals surface area contributed by atoms with Gasteiger partial charge in [0.2, 0.25) is 5.91 Å². The van der Waals surface area contributed by atoms with Crippen LogP contribution in [-0.2, 0) is 11.3 Å². The topological polar surface area (TPSA) is 54.0 Å². The van der Waals surface area contributed by atoms with Gasteiger partial charge in [0.25, 0.3) is 0 Å². The van der Waals surface area contributed by atoms with Gasteiger partial charge in [-0.25, -0.2) is 0 Å². The summed E-state index contributed by atoms with van der Waals surface area (Å²) < 4.78 is 0.873. The Labute approximate surface area is 120 Å². The maximum absolute atomic E-state index is 11.7. The van der Waals surface area contributed by atoms with Crippen LogP contribution in [0.3, 0.4) is 0 Å². The first-order chi connectivity index (χ1) is 9.25. The molecule has 1 aromatic carbocycles.